The number of nitrogens with one attached hydrogen (secondary N) is 1. The predicted octanol–water partition coefficient (Wildman–Crippen LogP) is 5.00. The third-order valence-corrected chi connectivity index (χ3v) is 6.99. The molecular weight excluding hydrogens is 436 g/mol. The molecule has 0 saturated carbocycles. The van der Waals surface area contributed by atoms with Crippen molar-refractivity contribution in [3.05, 3.63) is 89.5 Å². The van der Waals surface area contributed by atoms with Gasteiger partial charge in [-0.2, -0.15) is 0 Å². The Morgan fingerprint density at radius 3 is 2.17 bits per heavy atom. The fraction of sp³-hybridized carbons (Fsp3) is 0.345. The van der Waals surface area contributed by atoms with Crippen molar-refractivity contribution in [1.29, 1.82) is 0 Å². The number of nitrogens with zero attached hydrogens (tertiary/aromatic N) is 3. The number of rotatable bonds is 8. The largest absolute Gasteiger partial charge is 0.493 e. The number of fused-ring (bicyclic) bond motifs is 1. The molecule has 1 unspecified atom stereocenters. The highest BCUT2D eigenvalue weighted by Gasteiger charge is 2.31. The lowest BCUT2D eigenvalue weighted by atomic mass is 10.0. The highest BCUT2D eigenvalue weighted by atomic mass is 16.5. The first-order valence-corrected chi connectivity index (χ1v) is 12.3. The molecule has 1 fully saturated rings. The third-order valence-electron chi connectivity index (χ3n) is 6.99. The maximum absolute atomic E-state index is 5.54. The van der Waals surface area contributed by atoms with E-state index in [1.807, 2.05) is 18.3 Å². The number of benzene rings is 3. The first kappa shape index (κ1) is 23.4. The van der Waals surface area contributed by atoms with E-state index in [4.69, 9.17) is 14.5 Å². The van der Waals surface area contributed by atoms with Gasteiger partial charge in [0.2, 0.25) is 0 Å². The minimum absolute atomic E-state index is 0.133. The quantitative estimate of drug-likeness (QED) is 0.502. The Balaban J connectivity index is 1.33. The van der Waals surface area contributed by atoms with E-state index in [0.717, 1.165) is 56.0 Å². The van der Waals surface area contributed by atoms with Crippen LogP contribution in [0.1, 0.15) is 29.5 Å². The Morgan fingerprint density at radius 2 is 1.51 bits per heavy atom. The Labute approximate surface area is 208 Å². The summed E-state index contributed by atoms with van der Waals surface area (Å²) in [4.78, 5) is 10.0. The van der Waals surface area contributed by atoms with Gasteiger partial charge in [-0.3, -0.25) is 14.8 Å². The summed E-state index contributed by atoms with van der Waals surface area (Å²) in [5.41, 5.74) is 4.71. The number of ether oxygens (including phenoxy) is 2. The predicted molar refractivity (Wildman–Crippen MR) is 141 cm³/mol. The summed E-state index contributed by atoms with van der Waals surface area (Å²) < 4.78 is 11.0. The molecule has 0 aliphatic carbocycles. The molecule has 6 heteroatoms. The lowest BCUT2D eigenvalue weighted by Crippen LogP contribution is -2.51. The standard InChI is InChI=1S/C29H34N4O2/c1-34-27-17-24-19-30-29(31-26(24)18-28(27)35-2)33(21-23-11-7-4-8-12-23)25-13-15-32(16-14-25)20-22-9-5-3-6-10-22/h3-12,17-19,25,29,31H,13-16,20-21H2,1-2H3. The summed E-state index contributed by atoms with van der Waals surface area (Å²) in [6.45, 7) is 4.04. The minimum Gasteiger partial charge on any atom is -0.493 e. The van der Waals surface area contributed by atoms with Crippen molar-refractivity contribution in [3.63, 3.8) is 0 Å². The number of anilines is 1. The number of hydrogen-bond acceptors (Lipinski definition) is 6. The summed E-state index contributed by atoms with van der Waals surface area (Å²) in [6.07, 6.45) is 4.06. The van der Waals surface area contributed by atoms with Crippen LogP contribution in [0.4, 0.5) is 5.69 Å². The second-order valence-electron chi connectivity index (χ2n) is 9.24. The van der Waals surface area contributed by atoms with Crippen LogP contribution in [0.2, 0.25) is 0 Å². The van der Waals surface area contributed by atoms with Crippen LogP contribution < -0.4 is 14.8 Å². The van der Waals surface area contributed by atoms with E-state index in [2.05, 4.69) is 75.8 Å². The number of aliphatic imine (C=N–C) groups is 1. The fourth-order valence-corrected chi connectivity index (χ4v) is 5.08. The third kappa shape index (κ3) is 5.50. The van der Waals surface area contributed by atoms with Crippen molar-refractivity contribution in [3.8, 4) is 11.5 Å². The average molecular weight is 471 g/mol. The molecule has 6 nitrogen and oxygen atoms in total. The maximum Gasteiger partial charge on any atom is 0.176 e. The summed E-state index contributed by atoms with van der Waals surface area (Å²) in [6, 6.07) is 25.9. The first-order chi connectivity index (χ1) is 17.2. The Bertz CT molecular complexity index is 1130. The van der Waals surface area contributed by atoms with Gasteiger partial charge >= 0.3 is 0 Å². The second-order valence-corrected chi connectivity index (χ2v) is 9.24. The number of piperidine rings is 1. The van der Waals surface area contributed by atoms with Gasteiger partial charge in [0.25, 0.3) is 0 Å². The molecule has 1 N–H and O–H groups in total. The van der Waals surface area contributed by atoms with Crippen LogP contribution in [0.25, 0.3) is 0 Å². The van der Waals surface area contributed by atoms with Crippen LogP contribution >= 0.6 is 0 Å². The molecule has 0 radical (unpaired) electrons. The van der Waals surface area contributed by atoms with Crippen molar-refractivity contribution in [2.75, 3.05) is 32.6 Å². The molecule has 2 heterocycles. The van der Waals surface area contributed by atoms with E-state index in [9.17, 15) is 0 Å². The fourth-order valence-electron chi connectivity index (χ4n) is 5.08. The van der Waals surface area contributed by atoms with E-state index in [0.29, 0.717) is 11.8 Å². The Hall–Kier alpha value is -3.35. The normalized spacial score (nSPS) is 18.2. The minimum atomic E-state index is -0.133. The molecule has 3 aromatic carbocycles. The van der Waals surface area contributed by atoms with Gasteiger partial charge in [0, 0.05) is 42.7 Å². The van der Waals surface area contributed by atoms with E-state index in [1.54, 1.807) is 14.2 Å². The second kappa shape index (κ2) is 10.9. The molecule has 0 spiro atoms. The molecule has 0 amide bonds. The highest BCUT2D eigenvalue weighted by molar-refractivity contribution is 5.91. The van der Waals surface area contributed by atoms with Gasteiger partial charge < -0.3 is 14.8 Å². The van der Waals surface area contributed by atoms with Crippen molar-refractivity contribution in [2.24, 2.45) is 4.99 Å². The summed E-state index contributed by atoms with van der Waals surface area (Å²) >= 11 is 0. The molecule has 0 aromatic heterocycles. The van der Waals surface area contributed by atoms with Gasteiger partial charge in [-0.25, -0.2) is 0 Å². The molecular formula is C29H34N4O2. The number of hydrogen-bond donors (Lipinski definition) is 1. The van der Waals surface area contributed by atoms with Crippen LogP contribution in [-0.4, -0.2) is 55.7 Å². The lowest BCUT2D eigenvalue weighted by Gasteiger charge is -2.42. The van der Waals surface area contributed by atoms with Gasteiger partial charge in [-0.05, 0) is 43.1 Å². The number of methoxy groups -OCH3 is 2. The van der Waals surface area contributed by atoms with Crippen LogP contribution in [0.3, 0.4) is 0 Å². The van der Waals surface area contributed by atoms with Crippen LogP contribution in [0.15, 0.2) is 77.8 Å². The molecule has 2 aliphatic rings. The first-order valence-electron chi connectivity index (χ1n) is 12.3. The molecule has 2 aliphatic heterocycles. The van der Waals surface area contributed by atoms with E-state index < -0.39 is 0 Å². The number of likely N-dealkylation sites (tertiary alicyclic amines) is 1. The van der Waals surface area contributed by atoms with E-state index >= 15 is 0 Å². The van der Waals surface area contributed by atoms with Crippen LogP contribution in [0.5, 0.6) is 11.5 Å². The maximum atomic E-state index is 5.54. The van der Waals surface area contributed by atoms with Crippen molar-refractivity contribution in [2.45, 2.75) is 38.3 Å². The highest BCUT2D eigenvalue weighted by Crippen LogP contribution is 2.35. The average Bonchev–Trinajstić information content (AvgIpc) is 2.92. The molecule has 1 saturated heterocycles. The SMILES string of the molecule is COc1cc2c(cc1OC)NC(N(Cc1ccccc1)C1CCN(Cc3ccccc3)CC1)N=C2. The van der Waals surface area contributed by atoms with Crippen LogP contribution in [0, 0.1) is 0 Å². The molecule has 1 atom stereocenters. The van der Waals surface area contributed by atoms with Gasteiger partial charge in [0.05, 0.1) is 14.2 Å². The molecule has 0 bridgehead atoms. The molecule has 3 aromatic rings. The van der Waals surface area contributed by atoms with Crippen molar-refractivity contribution < 1.29 is 9.47 Å². The van der Waals surface area contributed by atoms with E-state index in [1.165, 1.54) is 11.1 Å². The smallest absolute Gasteiger partial charge is 0.176 e. The van der Waals surface area contributed by atoms with Gasteiger partial charge in [0.15, 0.2) is 17.8 Å². The Morgan fingerprint density at radius 1 is 0.886 bits per heavy atom. The van der Waals surface area contributed by atoms with E-state index in [-0.39, 0.29) is 6.29 Å². The zero-order valence-electron chi connectivity index (χ0n) is 20.6. The van der Waals surface area contributed by atoms with Crippen LogP contribution in [-0.2, 0) is 13.1 Å². The van der Waals surface area contributed by atoms with Crippen molar-refractivity contribution in [1.82, 2.24) is 9.80 Å². The summed E-state index contributed by atoms with van der Waals surface area (Å²) in [5.74, 6) is 1.43. The summed E-state index contributed by atoms with van der Waals surface area (Å²) in [5, 5.41) is 3.67. The molecule has 35 heavy (non-hydrogen) atoms. The van der Waals surface area contributed by atoms with Gasteiger partial charge in [-0.1, -0.05) is 60.7 Å². The molecule has 182 valence electrons. The van der Waals surface area contributed by atoms with Gasteiger partial charge in [-0.15, -0.1) is 0 Å². The Kier molecular flexibility index (Phi) is 7.31. The zero-order valence-corrected chi connectivity index (χ0v) is 20.6. The topological polar surface area (TPSA) is 49.3 Å². The van der Waals surface area contributed by atoms with Gasteiger partial charge in [0.1, 0.15) is 0 Å². The van der Waals surface area contributed by atoms with Crippen molar-refractivity contribution >= 4 is 11.9 Å². The zero-order chi connectivity index (χ0) is 24.0. The lowest BCUT2D eigenvalue weighted by molar-refractivity contribution is 0.0754. The monoisotopic (exact) mass is 470 g/mol. The molecule has 5 rings (SSSR count). The summed E-state index contributed by atoms with van der Waals surface area (Å²) in [7, 11) is 3.33.